The summed E-state index contributed by atoms with van der Waals surface area (Å²) in [5, 5.41) is 0. The van der Waals surface area contributed by atoms with Crippen molar-refractivity contribution in [3.05, 3.63) is 0 Å². The van der Waals surface area contributed by atoms with Crippen LogP contribution in [-0.4, -0.2) is 47.3 Å². The van der Waals surface area contributed by atoms with Gasteiger partial charge in [0.15, 0.2) is 0 Å². The van der Waals surface area contributed by atoms with E-state index in [1.54, 1.807) is 0 Å². The van der Waals surface area contributed by atoms with Crippen molar-refractivity contribution in [1.29, 1.82) is 0 Å². The summed E-state index contributed by atoms with van der Waals surface area (Å²) in [5.74, 6) is -1.06. The molecular formula is C6H17O9P3. The van der Waals surface area contributed by atoms with Gasteiger partial charge in [0.05, 0.1) is 18.0 Å². The molecule has 0 amide bonds. The van der Waals surface area contributed by atoms with E-state index in [0.29, 0.717) is 0 Å². The van der Waals surface area contributed by atoms with Gasteiger partial charge < -0.3 is 29.4 Å². The molecule has 0 aromatic heterocycles. The lowest BCUT2D eigenvalue weighted by molar-refractivity contribution is 0.327. The molecule has 0 aliphatic rings. The Bertz CT molecular complexity index is 403. The van der Waals surface area contributed by atoms with Gasteiger partial charge in [-0.25, -0.2) is 0 Å². The molecule has 0 aliphatic carbocycles. The van der Waals surface area contributed by atoms with Gasteiger partial charge in [-0.05, 0) is 12.3 Å². The summed E-state index contributed by atoms with van der Waals surface area (Å²) in [5.41, 5.74) is -1.49. The van der Waals surface area contributed by atoms with Crippen LogP contribution in [0.15, 0.2) is 0 Å². The average Bonchev–Trinajstić information content (AvgIpc) is 1.94. The van der Waals surface area contributed by atoms with Crippen LogP contribution in [0, 0.1) is 5.92 Å². The smallest absolute Gasteiger partial charge is 0.324 e. The molecule has 0 aromatic carbocycles. The zero-order valence-electron chi connectivity index (χ0n) is 9.53. The molecule has 0 saturated heterocycles. The summed E-state index contributed by atoms with van der Waals surface area (Å²) in [6, 6.07) is 0. The Morgan fingerprint density at radius 1 is 0.889 bits per heavy atom. The second kappa shape index (κ2) is 6.27. The van der Waals surface area contributed by atoms with E-state index < -0.39 is 53.1 Å². The average molecular weight is 326 g/mol. The fourth-order valence-corrected chi connectivity index (χ4v) is 4.80. The van der Waals surface area contributed by atoms with Crippen molar-refractivity contribution in [2.75, 3.05) is 12.3 Å². The maximum absolute atomic E-state index is 11.2. The Morgan fingerprint density at radius 2 is 1.33 bits per heavy atom. The van der Waals surface area contributed by atoms with Crippen molar-refractivity contribution in [3.8, 4) is 0 Å². The maximum atomic E-state index is 11.2. The number of hydrogen-bond donors (Lipinski definition) is 6. The molecule has 110 valence electrons. The summed E-state index contributed by atoms with van der Waals surface area (Å²) in [6.45, 7) is 1.22. The highest BCUT2D eigenvalue weighted by Crippen LogP contribution is 2.52. The Balaban J connectivity index is 4.86. The minimum atomic E-state index is -4.69. The Labute approximate surface area is 104 Å². The molecule has 2 unspecified atom stereocenters. The van der Waals surface area contributed by atoms with Gasteiger partial charge in [-0.3, -0.25) is 13.7 Å². The summed E-state index contributed by atoms with van der Waals surface area (Å²) >= 11 is 0. The molecule has 18 heavy (non-hydrogen) atoms. The molecule has 9 nitrogen and oxygen atoms in total. The largest absolute Gasteiger partial charge is 0.328 e. The minimum absolute atomic E-state index is 0.504. The molecule has 2 atom stereocenters. The third kappa shape index (κ3) is 8.53. The van der Waals surface area contributed by atoms with Crippen LogP contribution < -0.4 is 0 Å². The van der Waals surface area contributed by atoms with E-state index >= 15 is 0 Å². The van der Waals surface area contributed by atoms with Crippen molar-refractivity contribution in [2.24, 2.45) is 5.92 Å². The first-order valence-electron chi connectivity index (χ1n) is 4.87. The summed E-state index contributed by atoms with van der Waals surface area (Å²) in [7, 11) is -13.6. The van der Waals surface area contributed by atoms with E-state index in [0.717, 1.165) is 0 Å². The van der Waals surface area contributed by atoms with Crippen molar-refractivity contribution < 1.29 is 43.1 Å². The normalized spacial score (nSPS) is 17.5. The van der Waals surface area contributed by atoms with Crippen molar-refractivity contribution in [1.82, 2.24) is 0 Å². The second-order valence-electron chi connectivity index (χ2n) is 4.16. The van der Waals surface area contributed by atoms with Gasteiger partial charge in [0.2, 0.25) is 0 Å². The predicted molar refractivity (Wildman–Crippen MR) is 63.4 cm³/mol. The Hall–Kier alpha value is 0.450. The first-order chi connectivity index (χ1) is 7.72. The van der Waals surface area contributed by atoms with Gasteiger partial charge in [0.25, 0.3) is 0 Å². The van der Waals surface area contributed by atoms with Crippen LogP contribution in [-0.2, 0) is 13.7 Å². The third-order valence-corrected chi connectivity index (χ3v) is 5.85. The topological polar surface area (TPSA) is 173 Å². The quantitative estimate of drug-likeness (QED) is 0.350. The van der Waals surface area contributed by atoms with Gasteiger partial charge in [-0.1, -0.05) is 6.92 Å². The van der Waals surface area contributed by atoms with Gasteiger partial charge in [-0.15, -0.1) is 0 Å². The van der Waals surface area contributed by atoms with Crippen LogP contribution in [0.2, 0.25) is 0 Å². The zero-order chi connectivity index (χ0) is 14.8. The molecule has 0 saturated carbocycles. The Morgan fingerprint density at radius 3 is 1.61 bits per heavy atom. The van der Waals surface area contributed by atoms with E-state index in [1.165, 1.54) is 6.92 Å². The first-order valence-corrected chi connectivity index (χ1v) is 10.1. The lowest BCUT2D eigenvalue weighted by Crippen LogP contribution is -2.23. The molecule has 0 heterocycles. The second-order valence-corrected chi connectivity index (χ2v) is 9.47. The lowest BCUT2D eigenvalue weighted by Gasteiger charge is -2.25. The van der Waals surface area contributed by atoms with E-state index in [4.69, 9.17) is 29.4 Å². The monoisotopic (exact) mass is 326 g/mol. The maximum Gasteiger partial charge on any atom is 0.328 e. The van der Waals surface area contributed by atoms with Crippen LogP contribution in [0.3, 0.4) is 0 Å². The van der Waals surface area contributed by atoms with E-state index in [1.807, 2.05) is 0 Å². The molecule has 0 bridgehead atoms. The molecule has 0 aliphatic heterocycles. The SMILES string of the molecule is CC(CP(=O)(O)O)C(CCP(=O)(O)O)P(=O)(O)O. The summed E-state index contributed by atoms with van der Waals surface area (Å²) < 4.78 is 32.6. The Kier molecular flexibility index (Phi) is 6.42. The molecule has 0 aromatic rings. The van der Waals surface area contributed by atoms with Crippen LogP contribution in [0.25, 0.3) is 0 Å². The molecule has 0 rings (SSSR count). The van der Waals surface area contributed by atoms with Crippen LogP contribution in [0.4, 0.5) is 0 Å². The van der Waals surface area contributed by atoms with Gasteiger partial charge in [0, 0.05) is 0 Å². The number of hydrogen-bond acceptors (Lipinski definition) is 3. The van der Waals surface area contributed by atoms with Crippen molar-refractivity contribution >= 4 is 22.8 Å². The van der Waals surface area contributed by atoms with E-state index in [9.17, 15) is 13.7 Å². The number of rotatable bonds is 7. The molecule has 6 N–H and O–H groups in total. The molecular weight excluding hydrogens is 309 g/mol. The van der Waals surface area contributed by atoms with Gasteiger partial charge >= 0.3 is 22.8 Å². The molecule has 0 radical (unpaired) electrons. The van der Waals surface area contributed by atoms with Crippen molar-refractivity contribution in [3.63, 3.8) is 0 Å². The first kappa shape index (κ1) is 18.4. The van der Waals surface area contributed by atoms with Crippen LogP contribution in [0.1, 0.15) is 13.3 Å². The highest BCUT2D eigenvalue weighted by molar-refractivity contribution is 7.54. The fraction of sp³-hybridized carbons (Fsp3) is 1.00. The summed E-state index contributed by atoms with van der Waals surface area (Å²) in [4.78, 5) is 52.9. The van der Waals surface area contributed by atoms with Crippen LogP contribution in [0.5, 0.6) is 0 Å². The fourth-order valence-electron chi connectivity index (χ4n) is 1.58. The zero-order valence-corrected chi connectivity index (χ0v) is 12.2. The van der Waals surface area contributed by atoms with Crippen LogP contribution >= 0.6 is 22.8 Å². The molecule has 0 fully saturated rings. The molecule has 0 spiro atoms. The standard InChI is InChI=1S/C6H17O9P3/c1-5(4-17(10,11)12)6(18(13,14)15)2-3-16(7,8)9/h5-6H,2-4H2,1H3,(H2,7,8,9)(H2,10,11,12)(H2,13,14,15). The highest BCUT2D eigenvalue weighted by Gasteiger charge is 2.37. The third-order valence-electron chi connectivity index (χ3n) is 2.33. The predicted octanol–water partition coefficient (Wildman–Crippen LogP) is -0.0857. The molecule has 12 heteroatoms. The minimum Gasteiger partial charge on any atom is -0.324 e. The summed E-state index contributed by atoms with van der Waals surface area (Å²) in [6.07, 6.45) is -1.99. The van der Waals surface area contributed by atoms with E-state index in [-0.39, 0.29) is 0 Å². The van der Waals surface area contributed by atoms with Crippen molar-refractivity contribution in [2.45, 2.75) is 19.0 Å². The van der Waals surface area contributed by atoms with E-state index in [2.05, 4.69) is 0 Å². The van der Waals surface area contributed by atoms with Gasteiger partial charge in [0.1, 0.15) is 0 Å². The lowest BCUT2D eigenvalue weighted by atomic mass is 10.1. The highest BCUT2D eigenvalue weighted by atomic mass is 31.2. The van der Waals surface area contributed by atoms with Gasteiger partial charge in [-0.2, -0.15) is 0 Å².